The van der Waals surface area contributed by atoms with Crippen molar-refractivity contribution >= 4 is 38.6 Å². The molecule has 2 aromatic heterocycles. The molecule has 11 heteroatoms. The molecule has 1 saturated heterocycles. The van der Waals surface area contributed by atoms with Crippen molar-refractivity contribution in [3.05, 3.63) is 36.2 Å². The van der Waals surface area contributed by atoms with Crippen LogP contribution in [0.25, 0.3) is 10.9 Å². The van der Waals surface area contributed by atoms with Crippen molar-refractivity contribution in [3.8, 4) is 0 Å². The van der Waals surface area contributed by atoms with Crippen molar-refractivity contribution < 1.29 is 0 Å². The van der Waals surface area contributed by atoms with Crippen LogP contribution in [0.4, 0.5) is 11.8 Å². The molecule has 5 rings (SSSR count). The first-order valence-electron chi connectivity index (χ1n) is 16.0. The van der Waals surface area contributed by atoms with Gasteiger partial charge in [0.1, 0.15) is 11.5 Å². The van der Waals surface area contributed by atoms with Gasteiger partial charge in [0.05, 0.1) is 18.3 Å². The number of hydrogen-bond acceptors (Lipinski definition) is 9. The van der Waals surface area contributed by atoms with Crippen LogP contribution in [0.15, 0.2) is 30.5 Å². The maximum Gasteiger partial charge on any atom is 0.225 e. The number of aromatic nitrogens is 5. The molecule has 0 bridgehead atoms. The van der Waals surface area contributed by atoms with E-state index in [0.29, 0.717) is 18.5 Å². The van der Waals surface area contributed by atoms with Crippen molar-refractivity contribution in [2.75, 3.05) is 49.2 Å². The highest BCUT2D eigenvalue weighted by Gasteiger charge is 2.16. The van der Waals surface area contributed by atoms with Crippen LogP contribution >= 0.6 is 15.9 Å². The van der Waals surface area contributed by atoms with E-state index < -0.39 is 0 Å². The summed E-state index contributed by atoms with van der Waals surface area (Å²) in [7, 11) is 0. The average molecular weight is 646 g/mol. The Morgan fingerprint density at radius 3 is 2.48 bits per heavy atom. The zero-order valence-electron chi connectivity index (χ0n) is 26.0. The second-order valence-electron chi connectivity index (χ2n) is 10.7. The molecule has 0 spiro atoms. The van der Waals surface area contributed by atoms with Gasteiger partial charge in [-0.05, 0) is 89.2 Å². The maximum atomic E-state index is 4.81. The van der Waals surface area contributed by atoms with E-state index >= 15 is 0 Å². The van der Waals surface area contributed by atoms with Gasteiger partial charge in [0.15, 0.2) is 0 Å². The molecule has 234 valence electrons. The number of nitrogens with zero attached hydrogens (tertiary/aromatic N) is 5. The maximum absolute atomic E-state index is 4.81. The Labute approximate surface area is 261 Å². The van der Waals surface area contributed by atoms with Crippen LogP contribution in [0, 0.1) is 0 Å². The van der Waals surface area contributed by atoms with Gasteiger partial charge in [0.2, 0.25) is 5.95 Å². The first-order chi connectivity index (χ1) is 20.8. The van der Waals surface area contributed by atoms with Crippen LogP contribution < -0.4 is 26.6 Å². The number of nitrogens with one attached hydrogen (secondary N) is 5. The predicted molar refractivity (Wildman–Crippen MR) is 180 cm³/mol. The molecule has 1 saturated carbocycles. The summed E-state index contributed by atoms with van der Waals surface area (Å²) in [4.78, 5) is 9.54. The van der Waals surface area contributed by atoms with Gasteiger partial charge in [0.25, 0.3) is 0 Å². The molecule has 1 aliphatic heterocycles. The Kier molecular flexibility index (Phi) is 16.7. The van der Waals surface area contributed by atoms with E-state index in [9.17, 15) is 0 Å². The molecule has 0 radical (unpaired) electrons. The van der Waals surface area contributed by atoms with Crippen LogP contribution in [0.5, 0.6) is 0 Å². The number of halogens is 1. The molecule has 1 aromatic carbocycles. The van der Waals surface area contributed by atoms with Crippen molar-refractivity contribution in [1.29, 1.82) is 0 Å². The number of hydrogen-bond donors (Lipinski definition) is 5. The summed E-state index contributed by atoms with van der Waals surface area (Å²) in [5, 5.41) is 27.4. The van der Waals surface area contributed by atoms with Crippen LogP contribution in [-0.4, -0.2) is 75.6 Å². The SMILES string of the molecule is CBr.CC.c1ccc2c(NC3CCNCC3)nc(NCc3cn(CCCNCCCNC4CCCCC4)nn3)nc2c1. The minimum atomic E-state index is 0.426. The summed E-state index contributed by atoms with van der Waals surface area (Å²) < 4.78 is 1.93. The van der Waals surface area contributed by atoms with Crippen molar-refractivity contribution in [2.45, 2.75) is 96.8 Å². The van der Waals surface area contributed by atoms with Gasteiger partial charge in [-0.2, -0.15) is 4.98 Å². The number of piperidine rings is 1. The van der Waals surface area contributed by atoms with E-state index in [1.165, 1.54) is 38.5 Å². The molecular formula is C31H53BrN10. The molecule has 1 aliphatic carbocycles. The second kappa shape index (κ2) is 20.5. The van der Waals surface area contributed by atoms with Gasteiger partial charge in [-0.3, -0.25) is 4.68 Å². The minimum Gasteiger partial charge on any atom is -0.367 e. The lowest BCUT2D eigenvalue weighted by Gasteiger charge is -2.25. The number of fused-ring (bicyclic) bond motifs is 1. The molecule has 42 heavy (non-hydrogen) atoms. The Hall–Kier alpha value is -2.34. The molecule has 5 N–H and O–H groups in total. The fraction of sp³-hybridized carbons (Fsp3) is 0.677. The minimum absolute atomic E-state index is 0.426. The molecule has 3 heterocycles. The number of alkyl halides is 1. The van der Waals surface area contributed by atoms with Crippen molar-refractivity contribution in [1.82, 2.24) is 40.9 Å². The van der Waals surface area contributed by atoms with E-state index in [1.807, 2.05) is 48.8 Å². The van der Waals surface area contributed by atoms with Gasteiger partial charge in [-0.25, -0.2) is 4.98 Å². The summed E-state index contributed by atoms with van der Waals surface area (Å²) in [6.45, 7) is 10.6. The monoisotopic (exact) mass is 644 g/mol. The van der Waals surface area contributed by atoms with Gasteiger partial charge in [-0.15, -0.1) is 5.10 Å². The zero-order valence-corrected chi connectivity index (χ0v) is 27.6. The van der Waals surface area contributed by atoms with E-state index in [2.05, 4.69) is 58.9 Å². The van der Waals surface area contributed by atoms with Crippen molar-refractivity contribution in [3.63, 3.8) is 0 Å². The first kappa shape index (κ1) is 34.2. The second-order valence-corrected chi connectivity index (χ2v) is 10.7. The smallest absolute Gasteiger partial charge is 0.225 e. The fourth-order valence-corrected chi connectivity index (χ4v) is 5.44. The number of rotatable bonds is 14. The van der Waals surface area contributed by atoms with E-state index in [-0.39, 0.29) is 0 Å². The Morgan fingerprint density at radius 2 is 1.67 bits per heavy atom. The summed E-state index contributed by atoms with van der Waals surface area (Å²) in [5.74, 6) is 3.32. The summed E-state index contributed by atoms with van der Waals surface area (Å²) in [6.07, 6.45) is 13.3. The third kappa shape index (κ3) is 11.7. The lowest BCUT2D eigenvalue weighted by atomic mass is 9.95. The van der Waals surface area contributed by atoms with Crippen LogP contribution in [0.2, 0.25) is 0 Å². The molecule has 0 unspecified atom stereocenters. The van der Waals surface area contributed by atoms with Gasteiger partial charge in [0, 0.05) is 24.0 Å². The topological polar surface area (TPSA) is 117 Å². The third-order valence-corrected chi connectivity index (χ3v) is 7.61. The quantitative estimate of drug-likeness (QED) is 0.117. The van der Waals surface area contributed by atoms with Gasteiger partial charge < -0.3 is 26.6 Å². The lowest BCUT2D eigenvalue weighted by molar-refractivity contribution is 0.371. The summed E-state index contributed by atoms with van der Waals surface area (Å²) >= 11 is 2.94. The highest BCUT2D eigenvalue weighted by Crippen LogP contribution is 2.24. The Balaban J connectivity index is 0.00000116. The molecular weight excluding hydrogens is 592 g/mol. The van der Waals surface area contributed by atoms with Crippen molar-refractivity contribution in [2.24, 2.45) is 0 Å². The molecule has 0 amide bonds. The fourth-order valence-electron chi connectivity index (χ4n) is 5.44. The summed E-state index contributed by atoms with van der Waals surface area (Å²) in [6, 6.07) is 9.35. The molecule has 10 nitrogen and oxygen atoms in total. The zero-order chi connectivity index (χ0) is 29.8. The van der Waals surface area contributed by atoms with E-state index in [4.69, 9.17) is 9.97 Å². The molecule has 2 aliphatic rings. The average Bonchev–Trinajstić information content (AvgIpc) is 3.52. The third-order valence-electron chi connectivity index (χ3n) is 7.61. The summed E-state index contributed by atoms with van der Waals surface area (Å²) in [5.41, 5.74) is 1.82. The number of benzene rings is 1. The normalized spacial score (nSPS) is 15.8. The Morgan fingerprint density at radius 1 is 0.905 bits per heavy atom. The molecule has 3 aromatic rings. The van der Waals surface area contributed by atoms with E-state index in [0.717, 1.165) is 87.0 Å². The van der Waals surface area contributed by atoms with Crippen LogP contribution in [-0.2, 0) is 13.1 Å². The molecule has 2 fully saturated rings. The van der Waals surface area contributed by atoms with E-state index in [1.54, 1.807) is 0 Å². The molecule has 0 atom stereocenters. The number of para-hydroxylation sites is 1. The highest BCUT2D eigenvalue weighted by atomic mass is 79.9. The van der Waals surface area contributed by atoms with Gasteiger partial charge >= 0.3 is 0 Å². The number of aryl methyl sites for hydroxylation is 1. The van der Waals surface area contributed by atoms with Gasteiger partial charge in [-0.1, -0.05) is 66.4 Å². The highest BCUT2D eigenvalue weighted by molar-refractivity contribution is 9.08. The Bertz CT molecular complexity index is 1110. The first-order valence-corrected chi connectivity index (χ1v) is 17.6. The number of anilines is 2. The lowest BCUT2D eigenvalue weighted by Crippen LogP contribution is -2.35. The van der Waals surface area contributed by atoms with Crippen LogP contribution in [0.3, 0.4) is 0 Å². The standard InChI is InChI=1S/C28H44N10.C2H6.CH3Br/c1-2-8-22(9-3-1)31-16-6-14-29-15-7-19-38-21-24(36-37-38)20-32-28-34-26-11-5-4-10-25(26)27(35-28)33-23-12-17-30-18-13-23;2*1-2/h4-5,10-11,21-23,29-31H,1-3,6-9,12-20H2,(H2,32,33,34,35);1-2H3;1H3. The predicted octanol–water partition coefficient (Wildman–Crippen LogP) is 5.33. The van der Waals surface area contributed by atoms with Crippen LogP contribution in [0.1, 0.15) is 77.3 Å². The largest absolute Gasteiger partial charge is 0.367 e.